The van der Waals surface area contributed by atoms with E-state index < -0.39 is 6.16 Å². The van der Waals surface area contributed by atoms with E-state index in [-0.39, 0.29) is 18.0 Å². The highest BCUT2D eigenvalue weighted by atomic mass is 16.7. The van der Waals surface area contributed by atoms with Crippen molar-refractivity contribution in [1.82, 2.24) is 0 Å². The van der Waals surface area contributed by atoms with Crippen molar-refractivity contribution in [3.8, 4) is 11.5 Å². The van der Waals surface area contributed by atoms with Crippen molar-refractivity contribution in [3.63, 3.8) is 0 Å². The van der Waals surface area contributed by atoms with Gasteiger partial charge in [-0.15, -0.1) is 0 Å². The van der Waals surface area contributed by atoms with Gasteiger partial charge < -0.3 is 14.6 Å². The monoisotopic (exact) mass is 182 g/mol. The average molecular weight is 182 g/mol. The van der Waals surface area contributed by atoms with Gasteiger partial charge >= 0.3 is 6.16 Å². The van der Waals surface area contributed by atoms with Crippen LogP contribution >= 0.6 is 0 Å². The third kappa shape index (κ3) is 2.82. The molecule has 0 aliphatic carbocycles. The molecule has 5 heteroatoms. The quantitative estimate of drug-likeness (QED) is 0.433. The van der Waals surface area contributed by atoms with Crippen LogP contribution in [0, 0.1) is 0 Å². The Morgan fingerprint density at radius 2 is 2.08 bits per heavy atom. The summed E-state index contributed by atoms with van der Waals surface area (Å²) in [5, 5.41) is 8.26. The molecular formula is C8H6O5. The van der Waals surface area contributed by atoms with Crippen molar-refractivity contribution in [1.29, 1.82) is 0 Å². The van der Waals surface area contributed by atoms with Gasteiger partial charge in [0, 0.05) is 6.07 Å². The zero-order chi connectivity index (χ0) is 9.68. The number of hydrogen-bond acceptors (Lipinski definition) is 4. The van der Waals surface area contributed by atoms with Crippen molar-refractivity contribution in [2.75, 3.05) is 0 Å². The van der Waals surface area contributed by atoms with Crippen molar-refractivity contribution >= 4 is 12.6 Å². The SMILES string of the molecule is O=COc1cccc(OC(=O)O)c1. The Hall–Kier alpha value is -2.04. The Balaban J connectivity index is 2.78. The highest BCUT2D eigenvalue weighted by Gasteiger charge is 2.01. The summed E-state index contributed by atoms with van der Waals surface area (Å²) < 4.78 is 8.80. The van der Waals surface area contributed by atoms with Crippen LogP contribution in [0.25, 0.3) is 0 Å². The van der Waals surface area contributed by atoms with Gasteiger partial charge in [-0.05, 0) is 12.1 Å². The average Bonchev–Trinajstić information content (AvgIpc) is 2.04. The first-order valence-corrected chi connectivity index (χ1v) is 3.33. The zero-order valence-corrected chi connectivity index (χ0v) is 6.47. The third-order valence-corrected chi connectivity index (χ3v) is 1.19. The van der Waals surface area contributed by atoms with Crippen molar-refractivity contribution < 1.29 is 24.2 Å². The number of hydrogen-bond donors (Lipinski definition) is 1. The van der Waals surface area contributed by atoms with Crippen LogP contribution in [0.2, 0.25) is 0 Å². The lowest BCUT2D eigenvalue weighted by Gasteiger charge is -2.00. The third-order valence-electron chi connectivity index (χ3n) is 1.19. The zero-order valence-electron chi connectivity index (χ0n) is 6.47. The second-order valence-corrected chi connectivity index (χ2v) is 2.06. The van der Waals surface area contributed by atoms with E-state index in [1.807, 2.05) is 0 Å². The maximum Gasteiger partial charge on any atom is 0.511 e. The molecule has 1 N–H and O–H groups in total. The minimum Gasteiger partial charge on any atom is -0.449 e. The van der Waals surface area contributed by atoms with Crippen LogP contribution in [0.1, 0.15) is 0 Å². The summed E-state index contributed by atoms with van der Waals surface area (Å²) in [4.78, 5) is 20.0. The first-order valence-electron chi connectivity index (χ1n) is 3.33. The molecule has 0 heterocycles. The second kappa shape index (κ2) is 4.10. The van der Waals surface area contributed by atoms with Gasteiger partial charge in [-0.2, -0.15) is 0 Å². The van der Waals surface area contributed by atoms with E-state index >= 15 is 0 Å². The minimum absolute atomic E-state index is 0.104. The van der Waals surface area contributed by atoms with Gasteiger partial charge in [-0.1, -0.05) is 6.07 Å². The molecule has 0 unspecified atom stereocenters. The van der Waals surface area contributed by atoms with Gasteiger partial charge in [0.25, 0.3) is 6.47 Å². The summed E-state index contributed by atoms with van der Waals surface area (Å²) in [5.74, 6) is 0.334. The van der Waals surface area contributed by atoms with Gasteiger partial charge in [0.05, 0.1) is 0 Å². The maximum atomic E-state index is 10.1. The first kappa shape index (κ1) is 9.05. The fourth-order valence-electron chi connectivity index (χ4n) is 0.767. The molecule has 68 valence electrons. The molecule has 13 heavy (non-hydrogen) atoms. The summed E-state index contributed by atoms with van der Waals surface area (Å²) in [6, 6.07) is 5.74. The molecule has 0 atom stereocenters. The van der Waals surface area contributed by atoms with E-state index in [0.717, 1.165) is 0 Å². The normalized spacial score (nSPS) is 8.92. The standard InChI is InChI=1S/C8H6O5/c9-5-12-6-2-1-3-7(4-6)13-8(10)11/h1-5H,(H,10,11). The fraction of sp³-hybridized carbons (Fsp3) is 0. The number of carboxylic acid groups (broad SMARTS) is 1. The van der Waals surface area contributed by atoms with Crippen LogP contribution in [-0.4, -0.2) is 17.7 Å². The van der Waals surface area contributed by atoms with E-state index in [1.54, 1.807) is 0 Å². The van der Waals surface area contributed by atoms with E-state index in [2.05, 4.69) is 9.47 Å². The molecule has 0 aromatic heterocycles. The topological polar surface area (TPSA) is 72.8 Å². The molecule has 0 saturated carbocycles. The summed E-state index contributed by atoms with van der Waals surface area (Å²) in [6.07, 6.45) is -1.41. The number of benzene rings is 1. The van der Waals surface area contributed by atoms with E-state index in [9.17, 15) is 9.59 Å². The fourth-order valence-corrected chi connectivity index (χ4v) is 0.767. The van der Waals surface area contributed by atoms with Gasteiger partial charge in [0.1, 0.15) is 11.5 Å². The Labute approximate surface area is 73.5 Å². The van der Waals surface area contributed by atoms with Gasteiger partial charge in [0.15, 0.2) is 0 Å². The molecular weight excluding hydrogens is 176 g/mol. The van der Waals surface area contributed by atoms with Gasteiger partial charge in [-0.25, -0.2) is 4.79 Å². The highest BCUT2D eigenvalue weighted by molar-refractivity contribution is 5.61. The predicted octanol–water partition coefficient (Wildman–Crippen LogP) is 1.28. The molecule has 0 amide bonds. The van der Waals surface area contributed by atoms with Crippen LogP contribution in [0.5, 0.6) is 11.5 Å². The van der Waals surface area contributed by atoms with E-state index in [1.165, 1.54) is 24.3 Å². The van der Waals surface area contributed by atoms with Crippen molar-refractivity contribution in [2.24, 2.45) is 0 Å². The Bertz CT molecular complexity index is 320. The summed E-state index contributed by atoms with van der Waals surface area (Å²) in [6.45, 7) is 0.250. The lowest BCUT2D eigenvalue weighted by molar-refractivity contribution is -0.120. The minimum atomic E-state index is -1.41. The van der Waals surface area contributed by atoms with Crippen LogP contribution in [-0.2, 0) is 4.79 Å². The second-order valence-electron chi connectivity index (χ2n) is 2.06. The van der Waals surface area contributed by atoms with Crippen LogP contribution in [0.3, 0.4) is 0 Å². The molecule has 0 radical (unpaired) electrons. The van der Waals surface area contributed by atoms with E-state index in [4.69, 9.17) is 5.11 Å². The van der Waals surface area contributed by atoms with Crippen LogP contribution in [0.4, 0.5) is 4.79 Å². The summed E-state index contributed by atoms with van der Waals surface area (Å²) in [5.41, 5.74) is 0. The molecule has 0 fully saturated rings. The lowest BCUT2D eigenvalue weighted by Crippen LogP contribution is -2.02. The van der Waals surface area contributed by atoms with Gasteiger partial charge in [0.2, 0.25) is 0 Å². The smallest absolute Gasteiger partial charge is 0.449 e. The Morgan fingerprint density at radius 3 is 2.69 bits per heavy atom. The predicted molar refractivity (Wildman–Crippen MR) is 41.8 cm³/mol. The van der Waals surface area contributed by atoms with E-state index in [0.29, 0.717) is 0 Å². The summed E-state index contributed by atoms with van der Waals surface area (Å²) >= 11 is 0. The van der Waals surface area contributed by atoms with Crippen LogP contribution in [0.15, 0.2) is 24.3 Å². The summed E-state index contributed by atoms with van der Waals surface area (Å²) in [7, 11) is 0. The molecule has 1 rings (SSSR count). The molecule has 0 spiro atoms. The first-order chi connectivity index (χ1) is 6.22. The van der Waals surface area contributed by atoms with Crippen LogP contribution < -0.4 is 9.47 Å². The van der Waals surface area contributed by atoms with Crippen molar-refractivity contribution in [2.45, 2.75) is 0 Å². The van der Waals surface area contributed by atoms with Crippen molar-refractivity contribution in [3.05, 3.63) is 24.3 Å². The van der Waals surface area contributed by atoms with Gasteiger partial charge in [-0.3, -0.25) is 4.79 Å². The number of ether oxygens (including phenoxy) is 2. The molecule has 0 bridgehead atoms. The molecule has 5 nitrogen and oxygen atoms in total. The molecule has 0 aliphatic heterocycles. The number of carbonyl (C=O) groups excluding carboxylic acids is 1. The molecule has 1 aromatic carbocycles. The Kier molecular flexibility index (Phi) is 2.86. The molecule has 1 aromatic rings. The maximum absolute atomic E-state index is 10.1. The number of carbonyl (C=O) groups is 2. The molecule has 0 aliphatic rings. The largest absolute Gasteiger partial charge is 0.511 e. The highest BCUT2D eigenvalue weighted by Crippen LogP contribution is 2.18. The number of rotatable bonds is 3. The lowest BCUT2D eigenvalue weighted by atomic mass is 10.3. The Morgan fingerprint density at radius 1 is 1.38 bits per heavy atom. The molecule has 0 saturated heterocycles.